The highest BCUT2D eigenvalue weighted by molar-refractivity contribution is 7.86. The third kappa shape index (κ3) is 7.34. The molecule has 0 bridgehead atoms. The second-order valence-corrected chi connectivity index (χ2v) is 10.7. The first-order valence-electron chi connectivity index (χ1n) is 11.5. The highest BCUT2D eigenvalue weighted by Gasteiger charge is 2.16. The predicted molar refractivity (Wildman–Crippen MR) is 151 cm³/mol. The maximum Gasteiger partial charge on any atom is 0.332 e. The second-order valence-electron chi connectivity index (χ2n) is 8.51. The Morgan fingerprint density at radius 3 is 2.38 bits per heavy atom. The number of carbonyl (C=O) groups excluding carboxylic acids is 1. The summed E-state index contributed by atoms with van der Waals surface area (Å²) in [4.78, 5) is 20.3. The summed E-state index contributed by atoms with van der Waals surface area (Å²) in [7, 11) is -4.88. The molecule has 6 N–H and O–H groups in total. The maximum atomic E-state index is 13.2. The lowest BCUT2D eigenvalue weighted by Gasteiger charge is -2.13. The molecule has 4 rings (SSSR count). The number of nitrogen functional groups attached to an aromatic ring is 2. The first-order chi connectivity index (χ1) is 18.5. The number of halogens is 3. The third-order valence-corrected chi connectivity index (χ3v) is 7.26. The van der Waals surface area contributed by atoms with Gasteiger partial charge in [-0.3, -0.25) is 0 Å². The van der Waals surface area contributed by atoms with E-state index in [1.54, 1.807) is 18.2 Å². The van der Waals surface area contributed by atoms with Gasteiger partial charge in [-0.15, -0.1) is 3.89 Å². The van der Waals surface area contributed by atoms with Crippen LogP contribution < -0.4 is 22.1 Å². The predicted octanol–water partition coefficient (Wildman–Crippen LogP) is 5.38. The Morgan fingerprint density at radius 1 is 0.897 bits per heavy atom. The third-order valence-electron chi connectivity index (χ3n) is 5.71. The van der Waals surface area contributed by atoms with E-state index in [4.69, 9.17) is 34.7 Å². The van der Waals surface area contributed by atoms with Crippen molar-refractivity contribution in [1.29, 1.82) is 0 Å². The average Bonchev–Trinajstić information content (AvgIpc) is 2.88. The van der Waals surface area contributed by atoms with E-state index >= 15 is 0 Å². The number of benzene rings is 3. The molecule has 0 spiro atoms. The van der Waals surface area contributed by atoms with Crippen molar-refractivity contribution in [1.82, 2.24) is 15.3 Å². The van der Waals surface area contributed by atoms with Gasteiger partial charge in [0.05, 0.1) is 15.7 Å². The highest BCUT2D eigenvalue weighted by atomic mass is 35.5. The van der Waals surface area contributed by atoms with Crippen LogP contribution in [0.4, 0.5) is 26.1 Å². The lowest BCUT2D eigenvalue weighted by atomic mass is 9.99. The van der Waals surface area contributed by atoms with Crippen LogP contribution in [0.15, 0.2) is 71.6 Å². The van der Waals surface area contributed by atoms with E-state index in [9.17, 15) is 17.1 Å². The molecule has 202 valence electrons. The van der Waals surface area contributed by atoms with Crippen LogP contribution in [0.1, 0.15) is 16.8 Å². The number of nitrogens with one attached hydrogen (secondary N) is 2. The summed E-state index contributed by atoms with van der Waals surface area (Å²) in [5.41, 5.74) is 16.0. The van der Waals surface area contributed by atoms with Gasteiger partial charge < -0.3 is 22.1 Å². The number of aromatic nitrogens is 2. The summed E-state index contributed by atoms with van der Waals surface area (Å²) in [5, 5.41) is 5.97. The summed E-state index contributed by atoms with van der Waals surface area (Å²) >= 11 is 12.3. The zero-order valence-corrected chi connectivity index (χ0v) is 22.6. The Bertz CT molecular complexity index is 1650. The number of nitrogens with two attached hydrogens (primary N) is 2. The number of urea groups is 1. The van der Waals surface area contributed by atoms with Gasteiger partial charge in [0, 0.05) is 17.8 Å². The van der Waals surface area contributed by atoms with Gasteiger partial charge in [0.1, 0.15) is 10.7 Å². The summed E-state index contributed by atoms with van der Waals surface area (Å²) in [6.07, 6.45) is 1.09. The summed E-state index contributed by atoms with van der Waals surface area (Å²) in [6, 6.07) is 17.1. The van der Waals surface area contributed by atoms with Gasteiger partial charge in [0.25, 0.3) is 0 Å². The lowest BCUT2D eigenvalue weighted by molar-refractivity contribution is 0.251. The Labute approximate surface area is 234 Å². The molecule has 13 heteroatoms. The molecule has 0 unspecified atom stereocenters. The minimum Gasteiger partial charge on any atom is -0.383 e. The summed E-state index contributed by atoms with van der Waals surface area (Å²) in [6.45, 7) is 0.197. The fourth-order valence-electron chi connectivity index (χ4n) is 3.93. The zero-order chi connectivity index (χ0) is 28.2. The van der Waals surface area contributed by atoms with Crippen molar-refractivity contribution in [2.24, 2.45) is 0 Å². The van der Waals surface area contributed by atoms with Crippen LogP contribution in [0.5, 0.6) is 0 Å². The highest BCUT2D eigenvalue weighted by Crippen LogP contribution is 2.33. The van der Waals surface area contributed by atoms with Crippen LogP contribution in [0.25, 0.3) is 11.1 Å². The summed E-state index contributed by atoms with van der Waals surface area (Å²) < 4.78 is 35.4. The van der Waals surface area contributed by atoms with Gasteiger partial charge >= 0.3 is 16.3 Å². The molecule has 0 saturated heterocycles. The molecule has 0 aliphatic rings. The Kier molecular flexibility index (Phi) is 8.54. The Hall–Kier alpha value is -3.93. The molecule has 4 aromatic rings. The number of hydrogen-bond acceptors (Lipinski definition) is 7. The molecule has 9 nitrogen and oxygen atoms in total. The van der Waals surface area contributed by atoms with Crippen molar-refractivity contribution in [2.75, 3.05) is 16.8 Å². The number of hydrogen-bond donors (Lipinski definition) is 4. The number of carbonyl (C=O) groups is 1. The van der Waals surface area contributed by atoms with Crippen LogP contribution in [-0.4, -0.2) is 24.4 Å². The van der Waals surface area contributed by atoms with Crippen LogP contribution >= 0.6 is 23.2 Å². The Balaban J connectivity index is 1.43. The van der Waals surface area contributed by atoms with E-state index in [1.165, 1.54) is 12.1 Å². The minimum absolute atomic E-state index is 0.0601. The van der Waals surface area contributed by atoms with Crippen molar-refractivity contribution in [3.8, 4) is 11.1 Å². The quantitative estimate of drug-likeness (QED) is 0.201. The van der Waals surface area contributed by atoms with E-state index in [0.717, 1.165) is 28.8 Å². The van der Waals surface area contributed by atoms with Crippen LogP contribution in [-0.2, 0) is 29.6 Å². The zero-order valence-electron chi connectivity index (χ0n) is 20.3. The van der Waals surface area contributed by atoms with Gasteiger partial charge in [0.2, 0.25) is 5.95 Å². The van der Waals surface area contributed by atoms with Crippen LogP contribution in [0, 0.1) is 0 Å². The van der Waals surface area contributed by atoms with Crippen LogP contribution in [0.2, 0.25) is 10.0 Å². The van der Waals surface area contributed by atoms with Crippen molar-refractivity contribution in [3.63, 3.8) is 0 Å². The fraction of sp³-hybridized carbons (Fsp3) is 0.115. The summed E-state index contributed by atoms with van der Waals surface area (Å²) in [5.74, 6) is 0.291. The standard InChI is InChI=1S/C26H23Cl2FN6O3S/c27-20-9-8-17(12-21(20)28)23-22(34-25(31)35-24(23)30)10-7-15-3-1-4-16(11-15)14-32-26(36)33-18-5-2-6-19(13-18)39(29,37)38/h1-6,8-9,11-13H,7,10,14H2,(H2,32,33,36)(H4,30,31,34,35). The van der Waals surface area contributed by atoms with Crippen molar-refractivity contribution >= 4 is 56.9 Å². The number of anilines is 3. The number of aryl methyl sites for hydroxylation is 2. The van der Waals surface area contributed by atoms with Gasteiger partial charge in [-0.25, -0.2) is 9.78 Å². The van der Waals surface area contributed by atoms with E-state index in [0.29, 0.717) is 34.1 Å². The SMILES string of the molecule is Nc1nc(N)c(-c2ccc(Cl)c(Cl)c2)c(CCc2cccc(CNC(=O)Nc3cccc(S(=O)(=O)F)c3)c2)n1. The molecular weight excluding hydrogens is 566 g/mol. The Morgan fingerprint density at radius 2 is 1.64 bits per heavy atom. The molecule has 0 saturated carbocycles. The van der Waals surface area contributed by atoms with Crippen LogP contribution in [0.3, 0.4) is 0 Å². The molecule has 0 aliphatic carbocycles. The lowest BCUT2D eigenvalue weighted by Crippen LogP contribution is -2.28. The second kappa shape index (κ2) is 11.9. The molecule has 0 fully saturated rings. The molecule has 0 radical (unpaired) electrons. The van der Waals surface area contributed by atoms with Gasteiger partial charge in [-0.2, -0.15) is 13.4 Å². The molecule has 3 aromatic carbocycles. The molecular formula is C26H23Cl2FN6O3S. The van der Waals surface area contributed by atoms with E-state index in [2.05, 4.69) is 20.6 Å². The average molecular weight is 589 g/mol. The van der Waals surface area contributed by atoms with Crippen molar-refractivity contribution in [2.45, 2.75) is 24.3 Å². The molecule has 39 heavy (non-hydrogen) atoms. The topological polar surface area (TPSA) is 153 Å². The first kappa shape index (κ1) is 28.1. The molecule has 1 aromatic heterocycles. The van der Waals surface area contributed by atoms with Gasteiger partial charge in [-0.05, 0) is 59.9 Å². The monoisotopic (exact) mass is 588 g/mol. The van der Waals surface area contributed by atoms with E-state index < -0.39 is 21.1 Å². The maximum absolute atomic E-state index is 13.2. The molecule has 1 heterocycles. The first-order valence-corrected chi connectivity index (χ1v) is 13.7. The smallest absolute Gasteiger partial charge is 0.332 e. The van der Waals surface area contributed by atoms with Gasteiger partial charge in [-0.1, -0.05) is 59.6 Å². The largest absolute Gasteiger partial charge is 0.383 e. The number of nitrogens with zero attached hydrogens (tertiary/aromatic N) is 2. The van der Waals surface area contributed by atoms with Crippen molar-refractivity contribution in [3.05, 3.63) is 93.6 Å². The molecule has 0 atom stereocenters. The van der Waals surface area contributed by atoms with E-state index in [1.807, 2.05) is 24.3 Å². The number of amides is 2. The van der Waals surface area contributed by atoms with Crippen molar-refractivity contribution < 1.29 is 17.1 Å². The van der Waals surface area contributed by atoms with Gasteiger partial charge in [0.15, 0.2) is 0 Å². The van der Waals surface area contributed by atoms with E-state index in [-0.39, 0.29) is 24.0 Å². The molecule has 2 amide bonds. The fourth-order valence-corrected chi connectivity index (χ4v) is 4.74. The number of rotatable bonds is 8. The normalized spacial score (nSPS) is 11.3. The molecule has 0 aliphatic heterocycles. The minimum atomic E-state index is -4.88.